The summed E-state index contributed by atoms with van der Waals surface area (Å²) in [6, 6.07) is 7.71. The van der Waals surface area contributed by atoms with Gasteiger partial charge in [0.2, 0.25) is 0 Å². The Labute approximate surface area is 143 Å². The van der Waals surface area contributed by atoms with Crippen LogP contribution in [0.2, 0.25) is 0 Å². The van der Waals surface area contributed by atoms with E-state index in [0.717, 1.165) is 19.3 Å². The van der Waals surface area contributed by atoms with E-state index in [4.69, 9.17) is 4.74 Å². The summed E-state index contributed by atoms with van der Waals surface area (Å²) < 4.78 is 18.5. The quantitative estimate of drug-likeness (QED) is 0.856. The van der Waals surface area contributed by atoms with Gasteiger partial charge in [0.15, 0.2) is 6.61 Å². The van der Waals surface area contributed by atoms with Crippen LogP contribution < -0.4 is 5.32 Å². The molecule has 1 amide bonds. The molecule has 0 saturated carbocycles. The van der Waals surface area contributed by atoms with E-state index in [0.29, 0.717) is 10.8 Å². The Kier molecular flexibility index (Phi) is 4.94. The maximum Gasteiger partial charge on any atom is 0.348 e. The number of rotatable bonds is 4. The highest BCUT2D eigenvalue weighted by atomic mass is 32.1. The van der Waals surface area contributed by atoms with E-state index in [1.165, 1.54) is 40.0 Å². The fourth-order valence-corrected chi connectivity index (χ4v) is 3.86. The highest BCUT2D eigenvalue weighted by Crippen LogP contribution is 2.32. The predicted molar refractivity (Wildman–Crippen MR) is 90.8 cm³/mol. The Balaban J connectivity index is 1.56. The zero-order chi connectivity index (χ0) is 17.1. The maximum atomic E-state index is 13.5. The number of amides is 1. The Morgan fingerprint density at radius 3 is 2.96 bits per heavy atom. The van der Waals surface area contributed by atoms with E-state index in [-0.39, 0.29) is 5.69 Å². The van der Waals surface area contributed by atoms with Crippen LogP contribution in [-0.2, 0) is 22.4 Å². The summed E-state index contributed by atoms with van der Waals surface area (Å²) in [5.41, 5.74) is 1.28. The molecule has 0 aliphatic heterocycles. The summed E-state index contributed by atoms with van der Waals surface area (Å²) in [5.74, 6) is -0.978. The second-order valence-corrected chi connectivity index (χ2v) is 7.15. The van der Waals surface area contributed by atoms with E-state index in [2.05, 4.69) is 12.2 Å². The van der Waals surface area contributed by atoms with Crippen molar-refractivity contribution in [1.29, 1.82) is 0 Å². The van der Waals surface area contributed by atoms with Gasteiger partial charge in [-0.05, 0) is 48.9 Å². The summed E-state index contributed by atoms with van der Waals surface area (Å²) in [4.78, 5) is 25.6. The lowest BCUT2D eigenvalue weighted by molar-refractivity contribution is -0.119. The van der Waals surface area contributed by atoms with E-state index in [1.807, 2.05) is 6.07 Å². The number of ether oxygens (including phenoxy) is 1. The molecule has 1 aromatic carbocycles. The first kappa shape index (κ1) is 16.6. The lowest BCUT2D eigenvalue weighted by atomic mass is 9.90. The van der Waals surface area contributed by atoms with Gasteiger partial charge in [-0.15, -0.1) is 11.3 Å². The lowest BCUT2D eigenvalue weighted by Crippen LogP contribution is -2.21. The van der Waals surface area contributed by atoms with Gasteiger partial charge in [-0.1, -0.05) is 19.1 Å². The van der Waals surface area contributed by atoms with Crippen molar-refractivity contribution in [3.8, 4) is 0 Å². The molecule has 1 aliphatic carbocycles. The van der Waals surface area contributed by atoms with E-state index in [1.54, 1.807) is 6.07 Å². The van der Waals surface area contributed by atoms with Gasteiger partial charge >= 0.3 is 5.97 Å². The first-order chi connectivity index (χ1) is 11.5. The first-order valence-electron chi connectivity index (χ1n) is 7.86. The molecule has 3 rings (SSSR count). The van der Waals surface area contributed by atoms with Crippen LogP contribution in [0.3, 0.4) is 0 Å². The largest absolute Gasteiger partial charge is 0.451 e. The zero-order valence-corrected chi connectivity index (χ0v) is 14.1. The zero-order valence-electron chi connectivity index (χ0n) is 13.3. The number of carbonyl (C=O) groups excluding carboxylic acids is 2. The molecule has 1 N–H and O–H groups in total. The van der Waals surface area contributed by atoms with Crippen LogP contribution >= 0.6 is 11.3 Å². The monoisotopic (exact) mass is 347 g/mol. The van der Waals surface area contributed by atoms with E-state index in [9.17, 15) is 14.0 Å². The van der Waals surface area contributed by atoms with Crippen LogP contribution in [0.4, 0.5) is 10.1 Å². The number of aryl methyl sites for hydroxylation is 1. The van der Waals surface area contributed by atoms with Crippen molar-refractivity contribution in [2.24, 2.45) is 5.92 Å². The van der Waals surface area contributed by atoms with E-state index >= 15 is 0 Å². The fraction of sp³-hybridized carbons (Fsp3) is 0.333. The van der Waals surface area contributed by atoms with Gasteiger partial charge in [-0.3, -0.25) is 4.79 Å². The minimum atomic E-state index is -0.566. The van der Waals surface area contributed by atoms with Crippen molar-refractivity contribution in [2.45, 2.75) is 26.2 Å². The summed E-state index contributed by atoms with van der Waals surface area (Å²) in [5, 5.41) is 2.38. The van der Waals surface area contributed by atoms with Crippen LogP contribution in [-0.4, -0.2) is 18.5 Å². The molecule has 0 bridgehead atoms. The normalized spacial score (nSPS) is 16.3. The number of fused-ring (bicyclic) bond motifs is 1. The van der Waals surface area contributed by atoms with Crippen molar-refractivity contribution in [3.05, 3.63) is 51.5 Å². The standard InChI is InChI=1S/C18H18FNO3S/c1-11-6-7-15-12(8-11)9-16(24-15)18(22)23-10-17(21)20-14-5-3-2-4-13(14)19/h2-5,9,11H,6-8,10H2,1H3,(H,20,21)/t11-/m0/s1. The van der Waals surface area contributed by atoms with Crippen LogP contribution in [0.5, 0.6) is 0 Å². The molecule has 126 valence electrons. The SMILES string of the molecule is C[C@H]1CCc2sc(C(=O)OCC(=O)Nc3ccccc3F)cc2C1. The average molecular weight is 347 g/mol. The van der Waals surface area contributed by atoms with Crippen LogP contribution in [0.15, 0.2) is 30.3 Å². The van der Waals surface area contributed by atoms with Gasteiger partial charge < -0.3 is 10.1 Å². The highest BCUT2D eigenvalue weighted by Gasteiger charge is 2.21. The molecule has 6 heteroatoms. The molecule has 0 unspecified atom stereocenters. The van der Waals surface area contributed by atoms with Gasteiger partial charge in [-0.25, -0.2) is 9.18 Å². The Bertz CT molecular complexity index is 771. The first-order valence-corrected chi connectivity index (χ1v) is 8.67. The molecular weight excluding hydrogens is 329 g/mol. The molecule has 0 saturated heterocycles. The predicted octanol–water partition coefficient (Wildman–Crippen LogP) is 3.81. The number of esters is 1. The van der Waals surface area contributed by atoms with E-state index < -0.39 is 24.3 Å². The third kappa shape index (κ3) is 3.82. The number of anilines is 1. The number of hydrogen-bond donors (Lipinski definition) is 1. The molecule has 1 aromatic heterocycles. The summed E-state index contributed by atoms with van der Waals surface area (Å²) in [6.45, 7) is 1.76. The smallest absolute Gasteiger partial charge is 0.348 e. The Morgan fingerprint density at radius 2 is 2.17 bits per heavy atom. The minimum Gasteiger partial charge on any atom is -0.451 e. The van der Waals surface area contributed by atoms with Gasteiger partial charge in [-0.2, -0.15) is 0 Å². The number of hydrogen-bond acceptors (Lipinski definition) is 4. The Hall–Kier alpha value is -2.21. The third-order valence-corrected chi connectivity index (χ3v) is 5.23. The molecule has 0 radical (unpaired) electrons. The highest BCUT2D eigenvalue weighted by molar-refractivity contribution is 7.14. The van der Waals surface area contributed by atoms with Gasteiger partial charge in [0.05, 0.1) is 5.69 Å². The number of halogens is 1. The van der Waals surface area contributed by atoms with Crippen molar-refractivity contribution in [2.75, 3.05) is 11.9 Å². The Morgan fingerprint density at radius 1 is 1.38 bits per heavy atom. The molecule has 24 heavy (non-hydrogen) atoms. The van der Waals surface area contributed by atoms with Crippen molar-refractivity contribution in [1.82, 2.24) is 0 Å². The number of thiophene rings is 1. The molecule has 1 atom stereocenters. The van der Waals surface area contributed by atoms with Gasteiger partial charge in [0, 0.05) is 4.88 Å². The average Bonchev–Trinajstić information content (AvgIpc) is 2.98. The molecule has 0 spiro atoms. The maximum absolute atomic E-state index is 13.5. The van der Waals surface area contributed by atoms with Gasteiger partial charge in [0.1, 0.15) is 10.7 Å². The molecule has 1 heterocycles. The molecule has 2 aromatic rings. The van der Waals surface area contributed by atoms with Crippen molar-refractivity contribution in [3.63, 3.8) is 0 Å². The van der Waals surface area contributed by atoms with Crippen molar-refractivity contribution >= 4 is 28.9 Å². The molecule has 4 nitrogen and oxygen atoms in total. The molecule has 0 fully saturated rings. The number of nitrogens with one attached hydrogen (secondary N) is 1. The summed E-state index contributed by atoms with van der Waals surface area (Å²) >= 11 is 1.44. The number of para-hydroxylation sites is 1. The topological polar surface area (TPSA) is 55.4 Å². The fourth-order valence-electron chi connectivity index (χ4n) is 2.76. The second-order valence-electron chi connectivity index (χ2n) is 6.01. The number of benzene rings is 1. The van der Waals surface area contributed by atoms with Crippen molar-refractivity contribution < 1.29 is 18.7 Å². The van der Waals surface area contributed by atoms with Gasteiger partial charge in [0.25, 0.3) is 5.91 Å². The third-order valence-electron chi connectivity index (χ3n) is 4.01. The van der Waals surface area contributed by atoms with Crippen LogP contribution in [0.1, 0.15) is 33.5 Å². The molecular formula is C18H18FNO3S. The van der Waals surface area contributed by atoms with Crippen LogP contribution in [0.25, 0.3) is 0 Å². The summed E-state index contributed by atoms with van der Waals surface area (Å²) in [6.07, 6.45) is 3.10. The lowest BCUT2D eigenvalue weighted by Gasteiger charge is -2.16. The summed E-state index contributed by atoms with van der Waals surface area (Å²) in [7, 11) is 0. The number of carbonyl (C=O) groups is 2. The van der Waals surface area contributed by atoms with Crippen LogP contribution in [0, 0.1) is 11.7 Å². The molecule has 1 aliphatic rings. The minimum absolute atomic E-state index is 0.0686. The second kappa shape index (κ2) is 7.13.